The van der Waals surface area contributed by atoms with E-state index in [0.29, 0.717) is 30.2 Å². The number of aromatic nitrogens is 2. The first-order valence-electron chi connectivity index (χ1n) is 8.24. The Kier molecular flexibility index (Phi) is 3.73. The fraction of sp³-hybridized carbons (Fsp3) is 0.412. The first kappa shape index (κ1) is 15.5. The Labute approximate surface area is 145 Å². The van der Waals surface area contributed by atoms with Gasteiger partial charge in [-0.25, -0.2) is 0 Å². The molecule has 1 aromatic heterocycles. The van der Waals surface area contributed by atoms with Crippen molar-refractivity contribution in [3.63, 3.8) is 0 Å². The van der Waals surface area contributed by atoms with Crippen molar-refractivity contribution in [2.24, 2.45) is 5.73 Å². The molecule has 1 aromatic carbocycles. The topological polar surface area (TPSA) is 99.0 Å². The van der Waals surface area contributed by atoms with E-state index in [0.717, 1.165) is 35.3 Å². The van der Waals surface area contributed by atoms with Gasteiger partial charge in [0.05, 0.1) is 22.3 Å². The van der Waals surface area contributed by atoms with Crippen molar-refractivity contribution in [1.82, 2.24) is 9.78 Å². The highest BCUT2D eigenvalue weighted by Gasteiger charge is 2.32. The number of anilines is 2. The number of rotatable bonds is 1. The smallest absolute Gasteiger partial charge is 0.256 e. The number of halogens is 1. The minimum atomic E-state index is -0.294. The summed E-state index contributed by atoms with van der Waals surface area (Å²) in [7, 11) is 0. The average molecular weight is 346 g/mol. The van der Waals surface area contributed by atoms with Crippen LogP contribution in [0.2, 0.25) is 5.02 Å². The van der Waals surface area contributed by atoms with Gasteiger partial charge in [-0.1, -0.05) is 23.7 Å². The van der Waals surface area contributed by atoms with E-state index in [9.17, 15) is 4.79 Å². The number of para-hydroxylation sites is 1. The lowest BCUT2D eigenvalue weighted by atomic mass is 9.90. The molecule has 0 saturated heterocycles. The predicted octanol–water partition coefficient (Wildman–Crippen LogP) is 2.17. The zero-order chi connectivity index (χ0) is 16.8. The molecule has 0 unspecified atom stereocenters. The molecule has 0 amide bonds. The van der Waals surface area contributed by atoms with Gasteiger partial charge < -0.3 is 16.8 Å². The third-order valence-electron chi connectivity index (χ3n) is 4.99. The van der Waals surface area contributed by atoms with Crippen LogP contribution in [0.25, 0.3) is 0 Å². The quantitative estimate of drug-likeness (QED) is 0.735. The minimum absolute atomic E-state index is 0.0889. The number of nitrogens with one attached hydrogen (secondary N) is 1. The van der Waals surface area contributed by atoms with Gasteiger partial charge in [0.15, 0.2) is 0 Å². The number of nitrogens with two attached hydrogens (primary N) is 2. The molecular weight excluding hydrogens is 326 g/mol. The van der Waals surface area contributed by atoms with E-state index in [-0.39, 0.29) is 17.9 Å². The molecule has 2 atom stereocenters. The Morgan fingerprint density at radius 3 is 3.04 bits per heavy atom. The summed E-state index contributed by atoms with van der Waals surface area (Å²) in [5.41, 5.74) is 15.8. The van der Waals surface area contributed by atoms with E-state index >= 15 is 0 Å². The molecule has 0 spiro atoms. The Bertz CT molecular complexity index is 816. The first-order valence-corrected chi connectivity index (χ1v) is 8.62. The summed E-state index contributed by atoms with van der Waals surface area (Å²) < 4.78 is 1.38. The monoisotopic (exact) mass is 345 g/mol. The van der Waals surface area contributed by atoms with Gasteiger partial charge in [-0.15, -0.1) is 0 Å². The van der Waals surface area contributed by atoms with Crippen molar-refractivity contribution >= 4 is 29.0 Å². The van der Waals surface area contributed by atoms with Crippen molar-refractivity contribution in [3.8, 4) is 0 Å². The van der Waals surface area contributed by atoms with E-state index in [1.54, 1.807) is 0 Å². The van der Waals surface area contributed by atoms with Gasteiger partial charge in [0.1, 0.15) is 5.82 Å². The van der Waals surface area contributed by atoms with Crippen molar-refractivity contribution in [2.45, 2.75) is 37.6 Å². The first-order chi connectivity index (χ1) is 11.6. The van der Waals surface area contributed by atoms with Crippen molar-refractivity contribution in [1.29, 1.82) is 0 Å². The number of carbonyl (C=O) groups excluding carboxylic acids is 1. The van der Waals surface area contributed by atoms with Crippen LogP contribution in [0, 0.1) is 0 Å². The van der Waals surface area contributed by atoms with Crippen molar-refractivity contribution in [2.75, 3.05) is 17.6 Å². The van der Waals surface area contributed by atoms with Crippen molar-refractivity contribution in [3.05, 3.63) is 40.0 Å². The second-order valence-corrected chi connectivity index (χ2v) is 6.94. The fourth-order valence-electron chi connectivity index (χ4n) is 3.71. The van der Waals surface area contributed by atoms with Gasteiger partial charge in [-0.2, -0.15) is 9.78 Å². The molecule has 7 heteroatoms. The highest BCUT2D eigenvalue weighted by Crippen LogP contribution is 2.38. The van der Waals surface area contributed by atoms with Gasteiger partial charge in [0.2, 0.25) is 0 Å². The molecule has 0 radical (unpaired) electrons. The number of nitrogens with zero attached hydrogens (tertiary/aromatic N) is 2. The van der Waals surface area contributed by atoms with E-state index in [4.69, 9.17) is 23.1 Å². The summed E-state index contributed by atoms with van der Waals surface area (Å²) in [6, 6.07) is 5.71. The molecule has 24 heavy (non-hydrogen) atoms. The van der Waals surface area contributed by atoms with Crippen LogP contribution in [-0.2, 0) is 12.8 Å². The second-order valence-electron chi connectivity index (χ2n) is 6.54. The second kappa shape index (κ2) is 5.79. The van der Waals surface area contributed by atoms with Gasteiger partial charge in [0, 0.05) is 18.2 Å². The summed E-state index contributed by atoms with van der Waals surface area (Å²) in [4.78, 5) is 13.1. The molecule has 4 rings (SSSR count). The molecular formula is C17H20ClN5O. The normalized spacial score (nSPS) is 22.4. The minimum Gasteiger partial charge on any atom is -0.384 e. The lowest BCUT2D eigenvalue weighted by Gasteiger charge is -2.26. The summed E-state index contributed by atoms with van der Waals surface area (Å²) in [6.07, 6.45) is 3.03. The number of nitrogen functional groups attached to an aromatic ring is 1. The Morgan fingerprint density at radius 1 is 1.38 bits per heavy atom. The van der Waals surface area contributed by atoms with Gasteiger partial charge in [0.25, 0.3) is 5.91 Å². The Balaban J connectivity index is 1.73. The molecule has 0 saturated carbocycles. The highest BCUT2D eigenvalue weighted by molar-refractivity contribution is 6.33. The molecule has 1 aliphatic carbocycles. The maximum absolute atomic E-state index is 13.1. The predicted molar refractivity (Wildman–Crippen MR) is 94.6 cm³/mol. The third-order valence-corrected chi connectivity index (χ3v) is 5.30. The molecule has 5 N–H and O–H groups in total. The average Bonchev–Trinajstić information content (AvgIpc) is 2.91. The largest absolute Gasteiger partial charge is 0.384 e. The molecule has 2 aliphatic rings. The highest BCUT2D eigenvalue weighted by atomic mass is 35.5. The number of fused-ring (bicyclic) bond motifs is 2. The van der Waals surface area contributed by atoms with Crippen LogP contribution in [0.1, 0.15) is 40.4 Å². The van der Waals surface area contributed by atoms with E-state index in [1.165, 1.54) is 4.68 Å². The zero-order valence-corrected chi connectivity index (χ0v) is 14.0. The SMILES string of the molecule is Nc1c2c(nn1C(=O)[C@H]1CCNc3c(Cl)cccc31)CC[C@H](N)C2. The van der Waals surface area contributed by atoms with E-state index in [1.807, 2.05) is 18.2 Å². The molecule has 6 nitrogen and oxygen atoms in total. The lowest BCUT2D eigenvalue weighted by molar-refractivity contribution is 0.0859. The Morgan fingerprint density at radius 2 is 2.21 bits per heavy atom. The van der Waals surface area contributed by atoms with Crippen LogP contribution in [0.4, 0.5) is 11.5 Å². The molecule has 0 fully saturated rings. The fourth-order valence-corrected chi connectivity index (χ4v) is 3.96. The van der Waals surface area contributed by atoms with Gasteiger partial charge in [-0.05, 0) is 37.3 Å². The maximum atomic E-state index is 13.1. The third kappa shape index (κ3) is 2.37. The molecule has 126 valence electrons. The maximum Gasteiger partial charge on any atom is 0.256 e. The number of benzene rings is 1. The molecule has 2 aromatic rings. The van der Waals surface area contributed by atoms with Crippen LogP contribution < -0.4 is 16.8 Å². The van der Waals surface area contributed by atoms with E-state index < -0.39 is 0 Å². The van der Waals surface area contributed by atoms with Crippen molar-refractivity contribution < 1.29 is 4.79 Å². The number of hydrogen-bond acceptors (Lipinski definition) is 5. The Hall–Kier alpha value is -2.05. The summed E-state index contributed by atoms with van der Waals surface area (Å²) in [5, 5.41) is 8.39. The zero-order valence-electron chi connectivity index (χ0n) is 13.3. The van der Waals surface area contributed by atoms with Crippen LogP contribution in [0.5, 0.6) is 0 Å². The number of carbonyl (C=O) groups is 1. The number of aryl methyl sites for hydroxylation is 1. The lowest BCUT2D eigenvalue weighted by Crippen LogP contribution is -2.28. The molecule has 1 aliphatic heterocycles. The standard InChI is InChI=1S/C17H20ClN5O/c18-13-3-1-2-10-11(6-7-21-15(10)13)17(24)23-16(20)12-8-9(19)4-5-14(12)22-23/h1-3,9,11,21H,4-8,19-20H2/t9-,11-/m0/s1. The van der Waals surface area contributed by atoms with E-state index in [2.05, 4.69) is 10.4 Å². The summed E-state index contributed by atoms with van der Waals surface area (Å²) >= 11 is 6.25. The summed E-state index contributed by atoms with van der Waals surface area (Å²) in [6.45, 7) is 0.693. The molecule has 2 heterocycles. The van der Waals surface area contributed by atoms with Crippen LogP contribution >= 0.6 is 11.6 Å². The van der Waals surface area contributed by atoms with Gasteiger partial charge in [-0.3, -0.25) is 4.79 Å². The van der Waals surface area contributed by atoms with Crippen LogP contribution in [0.15, 0.2) is 18.2 Å². The van der Waals surface area contributed by atoms with Crippen LogP contribution in [-0.4, -0.2) is 28.3 Å². The molecule has 0 bridgehead atoms. The van der Waals surface area contributed by atoms with Crippen LogP contribution in [0.3, 0.4) is 0 Å². The number of hydrogen-bond donors (Lipinski definition) is 3. The summed E-state index contributed by atoms with van der Waals surface area (Å²) in [5.74, 6) is 0.0463. The van der Waals surface area contributed by atoms with Gasteiger partial charge >= 0.3 is 0 Å².